The van der Waals surface area contributed by atoms with Gasteiger partial charge >= 0.3 is 0 Å². The van der Waals surface area contributed by atoms with E-state index in [-0.39, 0.29) is 0 Å². The average molecular weight is 258 g/mol. The Balaban J connectivity index is 1.61. The van der Waals surface area contributed by atoms with E-state index in [4.69, 9.17) is 0 Å². The van der Waals surface area contributed by atoms with Gasteiger partial charge in [0.1, 0.15) is 17.9 Å². The Morgan fingerprint density at radius 3 is 3.16 bits per heavy atom. The summed E-state index contributed by atoms with van der Waals surface area (Å²) in [6.45, 7) is 0.867. The minimum Gasteiger partial charge on any atom is -0.508 e. The molecule has 0 aliphatic heterocycles. The molecule has 3 rings (SSSR count). The number of hydrogen-bond donors (Lipinski definition) is 2. The summed E-state index contributed by atoms with van der Waals surface area (Å²) in [4.78, 5) is 0. The van der Waals surface area contributed by atoms with Crippen LogP contribution in [-0.4, -0.2) is 26.4 Å². The predicted octanol–water partition coefficient (Wildman–Crippen LogP) is 1.34. The smallest absolute Gasteiger partial charge is 0.133 e. The first-order valence-electron chi connectivity index (χ1n) is 6.62. The zero-order valence-corrected chi connectivity index (χ0v) is 11.0. The highest BCUT2D eigenvalue weighted by molar-refractivity contribution is 5.44. The van der Waals surface area contributed by atoms with Crippen LogP contribution in [0, 0.1) is 0 Å². The summed E-state index contributed by atoms with van der Waals surface area (Å²) in [5, 5.41) is 21.3. The van der Waals surface area contributed by atoms with Crippen LogP contribution >= 0.6 is 0 Å². The monoisotopic (exact) mass is 258 g/mol. The molecule has 100 valence electrons. The molecule has 0 fully saturated rings. The van der Waals surface area contributed by atoms with Crippen molar-refractivity contribution in [2.75, 3.05) is 6.54 Å². The van der Waals surface area contributed by atoms with Crippen molar-refractivity contribution in [2.24, 2.45) is 7.05 Å². The molecule has 1 atom stereocenters. The molecule has 0 saturated heterocycles. The number of aromatic hydroxyl groups is 1. The summed E-state index contributed by atoms with van der Waals surface area (Å²) < 4.78 is 1.94. The normalized spacial score (nSPS) is 17.6. The van der Waals surface area contributed by atoms with Gasteiger partial charge in [-0.05, 0) is 30.0 Å². The molecule has 1 aliphatic carbocycles. The number of nitrogens with one attached hydrogen (secondary N) is 1. The van der Waals surface area contributed by atoms with Crippen LogP contribution in [-0.2, 0) is 19.9 Å². The molecule has 2 aromatic rings. The topological polar surface area (TPSA) is 63.0 Å². The van der Waals surface area contributed by atoms with E-state index in [1.165, 1.54) is 5.56 Å². The molecule has 1 unspecified atom stereocenters. The zero-order chi connectivity index (χ0) is 13.2. The van der Waals surface area contributed by atoms with E-state index in [1.807, 2.05) is 17.7 Å². The van der Waals surface area contributed by atoms with Gasteiger partial charge < -0.3 is 15.0 Å². The minimum atomic E-state index is 0.343. The van der Waals surface area contributed by atoms with E-state index in [9.17, 15) is 5.11 Å². The standard InChI is InChI=1S/C14H18N4O/c1-18-9-16-17-14(18)7-8-15-12-6-5-11-10(12)3-2-4-13(11)19/h2-4,9,12,15,19H,5-8H2,1H3. The van der Waals surface area contributed by atoms with Gasteiger partial charge in [0.2, 0.25) is 0 Å². The Hall–Kier alpha value is -1.88. The summed E-state index contributed by atoms with van der Waals surface area (Å²) in [5.41, 5.74) is 2.33. The van der Waals surface area contributed by atoms with Crippen molar-refractivity contribution >= 4 is 0 Å². The Morgan fingerprint density at radius 2 is 2.37 bits per heavy atom. The molecule has 0 saturated carbocycles. The third kappa shape index (κ3) is 2.33. The lowest BCUT2D eigenvalue weighted by molar-refractivity contribution is 0.469. The molecule has 0 amide bonds. The highest BCUT2D eigenvalue weighted by Gasteiger charge is 2.23. The van der Waals surface area contributed by atoms with E-state index in [0.29, 0.717) is 11.8 Å². The summed E-state index contributed by atoms with van der Waals surface area (Å²) in [6, 6.07) is 6.12. The van der Waals surface area contributed by atoms with Crippen LogP contribution in [0.4, 0.5) is 0 Å². The van der Waals surface area contributed by atoms with Crippen molar-refractivity contribution in [3.63, 3.8) is 0 Å². The van der Waals surface area contributed by atoms with Gasteiger partial charge in [-0.2, -0.15) is 0 Å². The van der Waals surface area contributed by atoms with E-state index < -0.39 is 0 Å². The van der Waals surface area contributed by atoms with Crippen LogP contribution in [0.2, 0.25) is 0 Å². The van der Waals surface area contributed by atoms with E-state index in [0.717, 1.165) is 37.2 Å². The van der Waals surface area contributed by atoms with Crippen molar-refractivity contribution in [2.45, 2.75) is 25.3 Å². The lowest BCUT2D eigenvalue weighted by atomic mass is 10.1. The number of hydrogen-bond acceptors (Lipinski definition) is 4. The Labute approximate surface area is 112 Å². The number of phenols is 1. The molecular formula is C14H18N4O. The maximum Gasteiger partial charge on any atom is 0.133 e. The van der Waals surface area contributed by atoms with E-state index >= 15 is 0 Å². The molecule has 0 spiro atoms. The van der Waals surface area contributed by atoms with Crippen LogP contribution in [0.3, 0.4) is 0 Å². The highest BCUT2D eigenvalue weighted by Crippen LogP contribution is 2.36. The molecule has 5 heteroatoms. The highest BCUT2D eigenvalue weighted by atomic mass is 16.3. The van der Waals surface area contributed by atoms with Gasteiger partial charge in [0, 0.05) is 26.1 Å². The van der Waals surface area contributed by atoms with Gasteiger partial charge in [0.15, 0.2) is 0 Å². The number of aryl methyl sites for hydroxylation is 1. The summed E-state index contributed by atoms with van der Waals surface area (Å²) in [5.74, 6) is 1.41. The Morgan fingerprint density at radius 1 is 1.47 bits per heavy atom. The van der Waals surface area contributed by atoms with E-state index in [2.05, 4.69) is 21.6 Å². The second-order valence-corrected chi connectivity index (χ2v) is 5.00. The summed E-state index contributed by atoms with van der Waals surface area (Å²) in [7, 11) is 1.96. The third-order valence-corrected chi connectivity index (χ3v) is 3.79. The number of benzene rings is 1. The fourth-order valence-corrected chi connectivity index (χ4v) is 2.74. The summed E-state index contributed by atoms with van der Waals surface area (Å²) in [6.07, 6.45) is 4.58. The van der Waals surface area contributed by atoms with Crippen LogP contribution in [0.5, 0.6) is 5.75 Å². The maximum absolute atomic E-state index is 9.81. The molecule has 1 heterocycles. The first-order chi connectivity index (χ1) is 9.25. The second kappa shape index (κ2) is 5.01. The molecule has 19 heavy (non-hydrogen) atoms. The molecule has 1 aromatic carbocycles. The fraction of sp³-hybridized carbons (Fsp3) is 0.429. The number of nitrogens with zero attached hydrogens (tertiary/aromatic N) is 3. The van der Waals surface area contributed by atoms with E-state index in [1.54, 1.807) is 12.4 Å². The largest absolute Gasteiger partial charge is 0.508 e. The molecule has 1 aromatic heterocycles. The molecular weight excluding hydrogens is 240 g/mol. The zero-order valence-electron chi connectivity index (χ0n) is 11.0. The van der Waals surface area contributed by atoms with Crippen molar-refractivity contribution in [3.05, 3.63) is 41.5 Å². The lowest BCUT2D eigenvalue weighted by Crippen LogP contribution is -2.22. The van der Waals surface area contributed by atoms with Crippen LogP contribution in [0.1, 0.15) is 29.4 Å². The van der Waals surface area contributed by atoms with Crippen molar-refractivity contribution in [1.29, 1.82) is 0 Å². The lowest BCUT2D eigenvalue weighted by Gasteiger charge is -2.13. The van der Waals surface area contributed by atoms with Crippen molar-refractivity contribution in [1.82, 2.24) is 20.1 Å². The number of rotatable bonds is 4. The number of aromatic nitrogens is 3. The van der Waals surface area contributed by atoms with Gasteiger partial charge in [-0.1, -0.05) is 12.1 Å². The third-order valence-electron chi connectivity index (χ3n) is 3.79. The van der Waals surface area contributed by atoms with Crippen LogP contribution in [0.15, 0.2) is 24.5 Å². The second-order valence-electron chi connectivity index (χ2n) is 5.00. The molecule has 0 bridgehead atoms. The predicted molar refractivity (Wildman–Crippen MR) is 71.9 cm³/mol. The van der Waals surface area contributed by atoms with Gasteiger partial charge in [-0.15, -0.1) is 10.2 Å². The fourth-order valence-electron chi connectivity index (χ4n) is 2.74. The molecule has 1 aliphatic rings. The SMILES string of the molecule is Cn1cnnc1CCNC1CCc2c(O)cccc21. The number of phenolic OH excluding ortho intramolecular Hbond substituents is 1. The first kappa shape index (κ1) is 12.2. The van der Waals surface area contributed by atoms with Crippen molar-refractivity contribution < 1.29 is 5.11 Å². The Bertz CT molecular complexity index is 579. The van der Waals surface area contributed by atoms with Gasteiger partial charge in [0.25, 0.3) is 0 Å². The molecule has 5 nitrogen and oxygen atoms in total. The Kier molecular flexibility index (Phi) is 3.21. The van der Waals surface area contributed by atoms with Gasteiger partial charge in [0.05, 0.1) is 0 Å². The minimum absolute atomic E-state index is 0.343. The maximum atomic E-state index is 9.81. The average Bonchev–Trinajstić information content (AvgIpc) is 2.98. The number of fused-ring (bicyclic) bond motifs is 1. The molecule has 2 N–H and O–H groups in total. The van der Waals surface area contributed by atoms with Gasteiger partial charge in [-0.25, -0.2) is 0 Å². The van der Waals surface area contributed by atoms with Crippen molar-refractivity contribution in [3.8, 4) is 5.75 Å². The first-order valence-corrected chi connectivity index (χ1v) is 6.62. The summed E-state index contributed by atoms with van der Waals surface area (Å²) >= 11 is 0. The van der Waals surface area contributed by atoms with Crippen LogP contribution < -0.4 is 5.32 Å². The quantitative estimate of drug-likeness (QED) is 0.868. The van der Waals surface area contributed by atoms with Crippen LogP contribution in [0.25, 0.3) is 0 Å². The van der Waals surface area contributed by atoms with Gasteiger partial charge in [-0.3, -0.25) is 0 Å². The molecule has 0 radical (unpaired) electrons.